The molecule has 1 rings (SSSR count). The fraction of sp³-hybridized carbons (Fsp3) is 0.438. The minimum absolute atomic E-state index is 0.289. The summed E-state index contributed by atoms with van der Waals surface area (Å²) in [6.45, 7) is 3.90. The van der Waals surface area contributed by atoms with Crippen LogP contribution in [0.25, 0.3) is 0 Å². The van der Waals surface area contributed by atoms with E-state index in [2.05, 4.69) is 0 Å². The largest absolute Gasteiger partial charge is 0.364 e. The van der Waals surface area contributed by atoms with Gasteiger partial charge in [0.15, 0.2) is 6.10 Å². The Kier molecular flexibility index (Phi) is 6.88. The fourth-order valence-corrected chi connectivity index (χ4v) is 1.96. The molecule has 2 N–H and O–H groups in total. The SMILES string of the molecule is CCOC(C(=O)N(C)OC)c1ccc(C(=N)CC(C)=N)cc1. The lowest BCUT2D eigenvalue weighted by Crippen LogP contribution is -2.32. The smallest absolute Gasteiger partial charge is 0.279 e. The highest BCUT2D eigenvalue weighted by atomic mass is 16.7. The Morgan fingerprint density at radius 1 is 1.27 bits per heavy atom. The molecule has 1 amide bonds. The average Bonchev–Trinajstić information content (AvgIpc) is 2.50. The Morgan fingerprint density at radius 2 is 1.86 bits per heavy atom. The minimum atomic E-state index is -0.734. The molecule has 0 aliphatic rings. The summed E-state index contributed by atoms with van der Waals surface area (Å²) in [6.07, 6.45) is -0.415. The third-order valence-corrected chi connectivity index (χ3v) is 3.15. The zero-order valence-corrected chi connectivity index (χ0v) is 13.5. The van der Waals surface area contributed by atoms with Crippen molar-refractivity contribution in [1.82, 2.24) is 5.06 Å². The first-order chi connectivity index (χ1) is 10.4. The molecule has 0 aliphatic carbocycles. The van der Waals surface area contributed by atoms with Gasteiger partial charge in [-0.1, -0.05) is 24.3 Å². The van der Waals surface area contributed by atoms with Gasteiger partial charge in [-0.25, -0.2) is 5.06 Å². The maximum absolute atomic E-state index is 12.2. The van der Waals surface area contributed by atoms with Crippen molar-refractivity contribution in [3.05, 3.63) is 35.4 Å². The molecule has 1 aromatic carbocycles. The van der Waals surface area contributed by atoms with Gasteiger partial charge in [0.1, 0.15) is 0 Å². The average molecular weight is 305 g/mol. The molecule has 0 bridgehead atoms. The number of hydrogen-bond acceptors (Lipinski definition) is 5. The second kappa shape index (κ2) is 8.41. The van der Waals surface area contributed by atoms with Gasteiger partial charge in [-0.15, -0.1) is 0 Å². The summed E-state index contributed by atoms with van der Waals surface area (Å²) in [4.78, 5) is 17.1. The molecule has 0 heterocycles. The summed E-state index contributed by atoms with van der Waals surface area (Å²) < 4.78 is 5.52. The van der Waals surface area contributed by atoms with Crippen molar-refractivity contribution in [3.8, 4) is 0 Å². The topological polar surface area (TPSA) is 86.5 Å². The molecular weight excluding hydrogens is 282 g/mol. The van der Waals surface area contributed by atoms with Crippen LogP contribution in [0.2, 0.25) is 0 Å². The van der Waals surface area contributed by atoms with Gasteiger partial charge in [0.2, 0.25) is 0 Å². The molecule has 0 fully saturated rings. The van der Waals surface area contributed by atoms with Crippen LogP contribution < -0.4 is 0 Å². The fourth-order valence-electron chi connectivity index (χ4n) is 1.96. The van der Waals surface area contributed by atoms with Gasteiger partial charge in [-0.2, -0.15) is 0 Å². The first-order valence-corrected chi connectivity index (χ1v) is 7.05. The zero-order chi connectivity index (χ0) is 16.7. The second-order valence-corrected chi connectivity index (χ2v) is 4.91. The van der Waals surface area contributed by atoms with Gasteiger partial charge < -0.3 is 15.6 Å². The predicted molar refractivity (Wildman–Crippen MR) is 85.4 cm³/mol. The number of nitrogens with zero attached hydrogens (tertiary/aromatic N) is 1. The second-order valence-electron chi connectivity index (χ2n) is 4.91. The molecule has 0 spiro atoms. The standard InChI is InChI=1S/C16H23N3O3/c1-5-22-15(16(20)19(3)21-4)13-8-6-12(7-9-13)14(18)10-11(2)17/h6-9,15,17-18H,5,10H2,1-4H3. The Hall–Kier alpha value is -2.05. The highest BCUT2D eigenvalue weighted by Crippen LogP contribution is 2.21. The highest BCUT2D eigenvalue weighted by Gasteiger charge is 2.24. The van der Waals surface area contributed by atoms with Crippen molar-refractivity contribution in [1.29, 1.82) is 10.8 Å². The van der Waals surface area contributed by atoms with Crippen molar-refractivity contribution < 1.29 is 14.4 Å². The number of ether oxygens (including phenoxy) is 1. The molecule has 0 aliphatic heterocycles. The van der Waals surface area contributed by atoms with Crippen molar-refractivity contribution in [2.24, 2.45) is 0 Å². The van der Waals surface area contributed by atoms with Gasteiger partial charge in [-0.3, -0.25) is 9.63 Å². The van der Waals surface area contributed by atoms with Crippen molar-refractivity contribution >= 4 is 17.3 Å². The third kappa shape index (κ3) is 4.75. The Morgan fingerprint density at radius 3 is 2.32 bits per heavy atom. The van der Waals surface area contributed by atoms with Crippen molar-refractivity contribution in [3.63, 3.8) is 0 Å². The maximum Gasteiger partial charge on any atom is 0.279 e. The lowest BCUT2D eigenvalue weighted by Gasteiger charge is -2.22. The number of hydroxylamine groups is 2. The number of likely N-dealkylation sites (N-methyl/N-ethyl adjacent to an activating group) is 1. The van der Waals surface area contributed by atoms with Crippen molar-refractivity contribution in [2.75, 3.05) is 20.8 Å². The number of nitrogens with one attached hydrogen (secondary N) is 2. The third-order valence-electron chi connectivity index (χ3n) is 3.15. The van der Waals surface area contributed by atoms with E-state index in [0.717, 1.165) is 10.6 Å². The van der Waals surface area contributed by atoms with E-state index in [1.807, 2.05) is 6.92 Å². The van der Waals surface area contributed by atoms with E-state index >= 15 is 0 Å². The van der Waals surface area contributed by atoms with E-state index in [1.54, 1.807) is 31.2 Å². The van der Waals surface area contributed by atoms with Crippen LogP contribution in [0.1, 0.15) is 37.5 Å². The predicted octanol–water partition coefficient (Wildman–Crippen LogP) is 2.58. The van der Waals surface area contributed by atoms with Crippen molar-refractivity contribution in [2.45, 2.75) is 26.4 Å². The first kappa shape index (κ1) is 18.0. The summed E-state index contributed by atoms with van der Waals surface area (Å²) >= 11 is 0. The molecule has 1 aromatic rings. The molecule has 0 aromatic heterocycles. The van der Waals surface area contributed by atoms with Gasteiger partial charge in [0.05, 0.1) is 7.11 Å². The van der Waals surface area contributed by atoms with Crippen LogP contribution in [0.15, 0.2) is 24.3 Å². The molecule has 6 heteroatoms. The summed E-state index contributed by atoms with van der Waals surface area (Å²) in [5.74, 6) is -0.289. The molecule has 0 saturated carbocycles. The molecular formula is C16H23N3O3. The Balaban J connectivity index is 2.96. The van der Waals surface area contributed by atoms with Crippen LogP contribution in [-0.4, -0.2) is 43.2 Å². The highest BCUT2D eigenvalue weighted by molar-refractivity contribution is 6.09. The summed E-state index contributed by atoms with van der Waals surface area (Å²) in [6, 6.07) is 7.08. The quantitative estimate of drug-likeness (QED) is 0.571. The van der Waals surface area contributed by atoms with E-state index in [4.69, 9.17) is 20.4 Å². The molecule has 1 atom stereocenters. The monoisotopic (exact) mass is 305 g/mol. The van der Waals surface area contributed by atoms with Crippen LogP contribution in [0, 0.1) is 10.8 Å². The number of benzene rings is 1. The molecule has 6 nitrogen and oxygen atoms in total. The zero-order valence-electron chi connectivity index (χ0n) is 13.5. The number of carbonyl (C=O) groups is 1. The van der Waals surface area contributed by atoms with E-state index in [1.165, 1.54) is 14.2 Å². The van der Waals surface area contributed by atoms with E-state index in [-0.39, 0.29) is 5.91 Å². The normalized spacial score (nSPS) is 11.8. The van der Waals surface area contributed by atoms with E-state index in [9.17, 15) is 4.79 Å². The van der Waals surface area contributed by atoms with E-state index in [0.29, 0.717) is 30.0 Å². The lowest BCUT2D eigenvalue weighted by molar-refractivity contribution is -0.181. The van der Waals surface area contributed by atoms with E-state index < -0.39 is 6.10 Å². The van der Waals surface area contributed by atoms with Crippen LogP contribution in [-0.2, 0) is 14.4 Å². The van der Waals surface area contributed by atoms with Gasteiger partial charge in [0, 0.05) is 31.5 Å². The number of hydrogen-bond donors (Lipinski definition) is 2. The molecule has 120 valence electrons. The minimum Gasteiger partial charge on any atom is -0.364 e. The van der Waals surface area contributed by atoms with Gasteiger partial charge >= 0.3 is 0 Å². The Bertz CT molecular complexity index is 540. The lowest BCUT2D eigenvalue weighted by atomic mass is 10.0. The van der Waals surface area contributed by atoms with Crippen LogP contribution in [0.3, 0.4) is 0 Å². The molecule has 22 heavy (non-hydrogen) atoms. The molecule has 1 unspecified atom stereocenters. The number of carbonyl (C=O) groups excluding carboxylic acids is 1. The maximum atomic E-state index is 12.2. The molecule has 0 radical (unpaired) electrons. The van der Waals surface area contributed by atoms with Crippen LogP contribution in [0.5, 0.6) is 0 Å². The van der Waals surface area contributed by atoms with Gasteiger partial charge in [-0.05, 0) is 25.0 Å². The molecule has 0 saturated heterocycles. The number of rotatable bonds is 8. The Labute approximate surface area is 131 Å². The summed E-state index contributed by atoms with van der Waals surface area (Å²) in [5.41, 5.74) is 2.27. The van der Waals surface area contributed by atoms with Gasteiger partial charge in [0.25, 0.3) is 5.91 Å². The van der Waals surface area contributed by atoms with Crippen LogP contribution in [0.4, 0.5) is 0 Å². The summed E-state index contributed by atoms with van der Waals surface area (Å²) in [5, 5.41) is 16.5. The first-order valence-electron chi connectivity index (χ1n) is 7.05. The summed E-state index contributed by atoms with van der Waals surface area (Å²) in [7, 11) is 2.95. The number of amides is 1. The van der Waals surface area contributed by atoms with Crippen LogP contribution >= 0.6 is 0 Å².